The van der Waals surface area contributed by atoms with Gasteiger partial charge in [0.05, 0.1) is 7.11 Å². The maximum Gasteiger partial charge on any atom is 0.437 e. The SMILES string of the molecule is COC(=O)CC1CCC(c2ccc(CC(=O)CCCC(=O)c3oc(-c4ccccc4)nc3C(F)(F)F)cc2)CC1. The average Bonchev–Trinajstić information content (AvgIpc) is 3.41. The van der Waals surface area contributed by atoms with Crippen LogP contribution in [0.15, 0.2) is 59.0 Å². The van der Waals surface area contributed by atoms with Gasteiger partial charge in [0.15, 0.2) is 11.5 Å². The molecule has 40 heavy (non-hydrogen) atoms. The molecule has 1 aromatic heterocycles. The summed E-state index contributed by atoms with van der Waals surface area (Å²) in [5, 5.41) is 0. The number of aromatic nitrogens is 1. The summed E-state index contributed by atoms with van der Waals surface area (Å²) in [4.78, 5) is 40.2. The predicted octanol–water partition coefficient (Wildman–Crippen LogP) is 7.36. The predicted molar refractivity (Wildman–Crippen MR) is 142 cm³/mol. The lowest BCUT2D eigenvalue weighted by molar-refractivity contribution is -0.142. The lowest BCUT2D eigenvalue weighted by Gasteiger charge is -2.28. The van der Waals surface area contributed by atoms with E-state index in [2.05, 4.69) is 4.98 Å². The molecule has 1 fully saturated rings. The highest BCUT2D eigenvalue weighted by atomic mass is 19.4. The molecule has 0 spiro atoms. The third-order valence-electron chi connectivity index (χ3n) is 7.41. The molecule has 0 aliphatic heterocycles. The van der Waals surface area contributed by atoms with Crippen LogP contribution in [0.4, 0.5) is 13.2 Å². The fraction of sp³-hybridized carbons (Fsp3) is 0.419. The summed E-state index contributed by atoms with van der Waals surface area (Å²) in [7, 11) is 1.41. The van der Waals surface area contributed by atoms with Crippen LogP contribution < -0.4 is 0 Å². The van der Waals surface area contributed by atoms with Crippen LogP contribution in [0.25, 0.3) is 11.5 Å². The summed E-state index contributed by atoms with van der Waals surface area (Å²) >= 11 is 0. The number of nitrogens with zero attached hydrogens (tertiary/aromatic N) is 1. The van der Waals surface area contributed by atoms with Gasteiger partial charge < -0.3 is 9.15 Å². The van der Waals surface area contributed by atoms with Gasteiger partial charge in [0.1, 0.15) is 5.78 Å². The highest BCUT2D eigenvalue weighted by Gasteiger charge is 2.41. The smallest absolute Gasteiger partial charge is 0.437 e. The van der Waals surface area contributed by atoms with Crippen LogP contribution >= 0.6 is 0 Å². The van der Waals surface area contributed by atoms with Gasteiger partial charge in [0.25, 0.3) is 0 Å². The Morgan fingerprint density at radius 2 is 1.62 bits per heavy atom. The van der Waals surface area contributed by atoms with Crippen LogP contribution in [0.3, 0.4) is 0 Å². The second kappa shape index (κ2) is 13.1. The van der Waals surface area contributed by atoms with E-state index in [9.17, 15) is 27.6 Å². The second-order valence-electron chi connectivity index (χ2n) is 10.3. The zero-order valence-electron chi connectivity index (χ0n) is 22.3. The van der Waals surface area contributed by atoms with Crippen LogP contribution in [0.1, 0.15) is 84.7 Å². The molecule has 0 saturated heterocycles. The van der Waals surface area contributed by atoms with Crippen LogP contribution in [0, 0.1) is 5.92 Å². The van der Waals surface area contributed by atoms with Crippen molar-refractivity contribution in [3.63, 3.8) is 0 Å². The molecule has 2 aromatic carbocycles. The van der Waals surface area contributed by atoms with E-state index in [4.69, 9.17) is 9.15 Å². The molecule has 1 aliphatic carbocycles. The molecule has 0 radical (unpaired) electrons. The molecule has 0 amide bonds. The van der Waals surface area contributed by atoms with Crippen molar-refractivity contribution in [2.45, 2.75) is 69.9 Å². The van der Waals surface area contributed by atoms with Gasteiger partial charge in [-0.2, -0.15) is 13.2 Å². The van der Waals surface area contributed by atoms with E-state index in [-0.39, 0.29) is 43.3 Å². The van der Waals surface area contributed by atoms with Gasteiger partial charge in [0, 0.05) is 31.2 Å². The number of rotatable bonds is 11. The fourth-order valence-electron chi connectivity index (χ4n) is 5.21. The first kappa shape index (κ1) is 29.2. The highest BCUT2D eigenvalue weighted by molar-refractivity contribution is 5.95. The first-order valence-corrected chi connectivity index (χ1v) is 13.5. The Balaban J connectivity index is 1.26. The number of benzene rings is 2. The Morgan fingerprint density at radius 1 is 0.950 bits per heavy atom. The molecule has 1 saturated carbocycles. The number of carbonyl (C=O) groups excluding carboxylic acids is 3. The molecule has 1 aliphatic rings. The van der Waals surface area contributed by atoms with Gasteiger partial charge in [-0.05, 0) is 67.2 Å². The van der Waals surface area contributed by atoms with Crippen molar-refractivity contribution in [2.75, 3.05) is 7.11 Å². The summed E-state index contributed by atoms with van der Waals surface area (Å²) < 4.78 is 50.5. The minimum Gasteiger partial charge on any atom is -0.469 e. The van der Waals surface area contributed by atoms with Crippen LogP contribution in [-0.2, 0) is 26.9 Å². The van der Waals surface area contributed by atoms with Gasteiger partial charge in [-0.25, -0.2) is 4.98 Å². The number of oxazole rings is 1. The van der Waals surface area contributed by atoms with Crippen molar-refractivity contribution < 1.29 is 36.7 Å². The number of methoxy groups -OCH3 is 1. The molecule has 3 aromatic rings. The van der Waals surface area contributed by atoms with Gasteiger partial charge in [-0.3, -0.25) is 14.4 Å². The standard InChI is InChI=1S/C31H32F3NO5/c1-39-27(38)19-21-12-16-23(17-13-21)22-14-10-20(11-15-22)18-25(36)8-5-9-26(37)28-29(31(32,33)34)35-30(40-28)24-6-3-2-4-7-24/h2-4,6-7,10-11,14-15,21,23H,5,8-9,12-13,16-19H2,1H3. The summed E-state index contributed by atoms with van der Waals surface area (Å²) in [6.07, 6.45) is -0.301. The summed E-state index contributed by atoms with van der Waals surface area (Å²) in [5.41, 5.74) is 1.04. The van der Waals surface area contributed by atoms with Crippen molar-refractivity contribution in [1.82, 2.24) is 4.98 Å². The number of hydrogen-bond donors (Lipinski definition) is 0. The van der Waals surface area contributed by atoms with Crippen molar-refractivity contribution in [2.24, 2.45) is 5.92 Å². The zero-order chi connectivity index (χ0) is 28.7. The van der Waals surface area contributed by atoms with Crippen LogP contribution in [-0.4, -0.2) is 29.6 Å². The topological polar surface area (TPSA) is 86.5 Å². The molecule has 0 unspecified atom stereocenters. The largest absolute Gasteiger partial charge is 0.469 e. The maximum atomic E-state index is 13.5. The number of esters is 1. The number of hydrogen-bond acceptors (Lipinski definition) is 6. The number of alkyl halides is 3. The summed E-state index contributed by atoms with van der Waals surface area (Å²) in [6, 6.07) is 16.0. The second-order valence-corrected chi connectivity index (χ2v) is 10.3. The molecule has 212 valence electrons. The molecule has 1 heterocycles. The zero-order valence-corrected chi connectivity index (χ0v) is 22.3. The monoisotopic (exact) mass is 555 g/mol. The van der Waals surface area contributed by atoms with Crippen molar-refractivity contribution >= 4 is 17.5 Å². The van der Waals surface area contributed by atoms with Gasteiger partial charge in [-0.15, -0.1) is 0 Å². The molecular weight excluding hydrogens is 523 g/mol. The van der Waals surface area contributed by atoms with E-state index in [1.807, 2.05) is 24.3 Å². The van der Waals surface area contributed by atoms with E-state index < -0.39 is 23.4 Å². The summed E-state index contributed by atoms with van der Waals surface area (Å²) in [6.45, 7) is 0. The lowest BCUT2D eigenvalue weighted by atomic mass is 9.77. The third kappa shape index (κ3) is 7.67. The quantitative estimate of drug-likeness (QED) is 0.181. The van der Waals surface area contributed by atoms with Crippen LogP contribution in [0.5, 0.6) is 0 Å². The van der Waals surface area contributed by atoms with E-state index in [1.165, 1.54) is 12.7 Å². The minimum atomic E-state index is -4.84. The number of ether oxygens (including phenoxy) is 1. The molecule has 9 heteroatoms. The fourth-order valence-corrected chi connectivity index (χ4v) is 5.21. The van der Waals surface area contributed by atoms with Crippen LogP contribution in [0.2, 0.25) is 0 Å². The minimum absolute atomic E-state index is 0.0682. The Kier molecular flexibility index (Phi) is 9.55. The molecular formula is C31H32F3NO5. The normalized spacial score (nSPS) is 17.4. The Morgan fingerprint density at radius 3 is 2.25 bits per heavy atom. The van der Waals surface area contributed by atoms with Crippen molar-refractivity contribution in [3.05, 3.63) is 77.2 Å². The molecule has 4 rings (SSSR count). The average molecular weight is 556 g/mol. The first-order chi connectivity index (χ1) is 19.1. The van der Waals surface area contributed by atoms with Gasteiger partial charge in [0.2, 0.25) is 11.7 Å². The first-order valence-electron chi connectivity index (χ1n) is 13.5. The van der Waals surface area contributed by atoms with E-state index in [0.29, 0.717) is 23.8 Å². The lowest BCUT2D eigenvalue weighted by Crippen LogP contribution is -2.17. The Hall–Kier alpha value is -3.75. The van der Waals surface area contributed by atoms with Crippen molar-refractivity contribution in [3.8, 4) is 11.5 Å². The number of Topliss-reactive ketones (excluding diaryl/α,β-unsaturated/α-hetero) is 2. The molecule has 0 atom stereocenters. The Labute approximate surface area is 230 Å². The van der Waals surface area contributed by atoms with E-state index >= 15 is 0 Å². The maximum absolute atomic E-state index is 13.5. The molecule has 0 N–H and O–H groups in total. The van der Waals surface area contributed by atoms with Gasteiger partial charge >= 0.3 is 12.1 Å². The summed E-state index contributed by atoms with van der Waals surface area (Å²) in [5.74, 6) is -1.41. The third-order valence-corrected chi connectivity index (χ3v) is 7.41. The number of carbonyl (C=O) groups is 3. The van der Waals surface area contributed by atoms with Gasteiger partial charge in [-0.1, -0.05) is 42.5 Å². The molecule has 6 nitrogen and oxygen atoms in total. The Bertz CT molecular complexity index is 1310. The molecule has 0 bridgehead atoms. The number of halogens is 3. The van der Waals surface area contributed by atoms with Crippen molar-refractivity contribution in [1.29, 1.82) is 0 Å². The van der Waals surface area contributed by atoms with E-state index in [0.717, 1.165) is 31.2 Å². The number of ketones is 2. The van der Waals surface area contributed by atoms with E-state index in [1.54, 1.807) is 30.3 Å². The highest BCUT2D eigenvalue weighted by Crippen LogP contribution is 2.37.